The van der Waals surface area contributed by atoms with Gasteiger partial charge in [-0.05, 0) is 50.5 Å². The average Bonchev–Trinajstić information content (AvgIpc) is 2.88. The first-order chi connectivity index (χ1) is 7.00. The lowest BCUT2D eigenvalue weighted by atomic mass is 10.1. The average molecular weight is 207 g/mol. The molecule has 1 aliphatic rings. The Kier molecular flexibility index (Phi) is 2.25. The van der Waals surface area contributed by atoms with Gasteiger partial charge in [-0.15, -0.1) is 0 Å². The first-order valence-corrected chi connectivity index (χ1v) is 5.09. The molecule has 3 heteroatoms. The summed E-state index contributed by atoms with van der Waals surface area (Å²) in [6.45, 7) is 3.67. The van der Waals surface area contributed by atoms with Crippen molar-refractivity contribution in [1.82, 2.24) is 5.32 Å². The lowest BCUT2D eigenvalue weighted by molar-refractivity contribution is 0.0935. The maximum Gasteiger partial charge on any atom is 0.251 e. The maximum atomic E-state index is 13.0. The number of nitrogens with one attached hydrogen (secondary N) is 1. The van der Waals surface area contributed by atoms with E-state index in [0.29, 0.717) is 11.1 Å². The fourth-order valence-corrected chi connectivity index (χ4v) is 1.44. The van der Waals surface area contributed by atoms with Crippen LogP contribution in [-0.2, 0) is 0 Å². The highest BCUT2D eigenvalue weighted by atomic mass is 19.1. The molecule has 1 fully saturated rings. The van der Waals surface area contributed by atoms with Crippen molar-refractivity contribution in [3.8, 4) is 0 Å². The SMILES string of the molecule is Cc1cc(C(=O)NC2(C)CC2)ccc1F. The Morgan fingerprint density at radius 1 is 1.47 bits per heavy atom. The minimum Gasteiger partial charge on any atom is -0.347 e. The Morgan fingerprint density at radius 3 is 2.67 bits per heavy atom. The fraction of sp³-hybridized carbons (Fsp3) is 0.417. The van der Waals surface area contributed by atoms with Gasteiger partial charge in [-0.25, -0.2) is 4.39 Å². The van der Waals surface area contributed by atoms with Crippen molar-refractivity contribution in [3.63, 3.8) is 0 Å². The van der Waals surface area contributed by atoms with Gasteiger partial charge in [-0.3, -0.25) is 4.79 Å². The smallest absolute Gasteiger partial charge is 0.251 e. The lowest BCUT2D eigenvalue weighted by Gasteiger charge is -2.11. The molecule has 2 nitrogen and oxygen atoms in total. The van der Waals surface area contributed by atoms with Gasteiger partial charge in [-0.1, -0.05) is 0 Å². The van der Waals surface area contributed by atoms with E-state index in [4.69, 9.17) is 0 Å². The Balaban J connectivity index is 2.15. The molecule has 1 saturated carbocycles. The lowest BCUT2D eigenvalue weighted by Crippen LogP contribution is -2.34. The van der Waals surface area contributed by atoms with Crippen LogP contribution in [0.25, 0.3) is 0 Å². The molecule has 1 amide bonds. The summed E-state index contributed by atoms with van der Waals surface area (Å²) in [6.07, 6.45) is 2.05. The molecule has 1 aromatic carbocycles. The largest absolute Gasteiger partial charge is 0.347 e. The van der Waals surface area contributed by atoms with Crippen molar-refractivity contribution in [3.05, 3.63) is 35.1 Å². The van der Waals surface area contributed by atoms with Gasteiger partial charge in [0.1, 0.15) is 5.82 Å². The zero-order valence-corrected chi connectivity index (χ0v) is 8.93. The molecule has 80 valence electrons. The summed E-state index contributed by atoms with van der Waals surface area (Å²) < 4.78 is 13.0. The molecule has 1 N–H and O–H groups in total. The summed E-state index contributed by atoms with van der Waals surface area (Å²) in [6, 6.07) is 4.43. The quantitative estimate of drug-likeness (QED) is 0.792. The number of rotatable bonds is 2. The van der Waals surface area contributed by atoms with E-state index in [2.05, 4.69) is 5.32 Å². The van der Waals surface area contributed by atoms with Gasteiger partial charge in [0.05, 0.1) is 0 Å². The van der Waals surface area contributed by atoms with E-state index >= 15 is 0 Å². The molecule has 1 aliphatic carbocycles. The van der Waals surface area contributed by atoms with Crippen LogP contribution in [0.5, 0.6) is 0 Å². The molecule has 15 heavy (non-hydrogen) atoms. The van der Waals surface area contributed by atoms with Crippen LogP contribution in [-0.4, -0.2) is 11.4 Å². The van der Waals surface area contributed by atoms with Gasteiger partial charge in [0, 0.05) is 11.1 Å². The van der Waals surface area contributed by atoms with E-state index in [9.17, 15) is 9.18 Å². The number of hydrogen-bond donors (Lipinski definition) is 1. The second-order valence-corrected chi connectivity index (χ2v) is 4.48. The predicted molar refractivity (Wildman–Crippen MR) is 56.2 cm³/mol. The van der Waals surface area contributed by atoms with Gasteiger partial charge in [0.2, 0.25) is 0 Å². The standard InChI is InChI=1S/C12H14FNO/c1-8-7-9(3-4-10(8)13)11(15)14-12(2)5-6-12/h3-4,7H,5-6H2,1-2H3,(H,14,15). The molecule has 0 radical (unpaired) electrons. The highest BCUT2D eigenvalue weighted by molar-refractivity contribution is 5.95. The Bertz CT molecular complexity index is 410. The molecule has 0 aromatic heterocycles. The van der Waals surface area contributed by atoms with E-state index < -0.39 is 0 Å². The number of aryl methyl sites for hydroxylation is 1. The third kappa shape index (κ3) is 2.17. The second-order valence-electron chi connectivity index (χ2n) is 4.48. The van der Waals surface area contributed by atoms with Gasteiger partial charge < -0.3 is 5.32 Å². The van der Waals surface area contributed by atoms with Crippen molar-refractivity contribution in [2.24, 2.45) is 0 Å². The van der Waals surface area contributed by atoms with Crippen LogP contribution in [0.3, 0.4) is 0 Å². The topological polar surface area (TPSA) is 29.1 Å². The minimum absolute atomic E-state index is 0.0284. The summed E-state index contributed by atoms with van der Waals surface area (Å²) in [7, 11) is 0. The van der Waals surface area contributed by atoms with E-state index in [1.165, 1.54) is 12.1 Å². The van der Waals surface area contributed by atoms with Gasteiger partial charge in [0.15, 0.2) is 0 Å². The van der Waals surface area contributed by atoms with Crippen LogP contribution in [0.4, 0.5) is 4.39 Å². The highest BCUT2D eigenvalue weighted by Crippen LogP contribution is 2.34. The molecule has 0 atom stereocenters. The van der Waals surface area contributed by atoms with E-state index in [1.54, 1.807) is 13.0 Å². The Hall–Kier alpha value is -1.38. The van der Waals surface area contributed by atoms with Crippen LogP contribution in [0.2, 0.25) is 0 Å². The van der Waals surface area contributed by atoms with Gasteiger partial charge >= 0.3 is 0 Å². The monoisotopic (exact) mass is 207 g/mol. The van der Waals surface area contributed by atoms with Crippen LogP contribution >= 0.6 is 0 Å². The molecule has 0 heterocycles. The maximum absolute atomic E-state index is 13.0. The Morgan fingerprint density at radius 2 is 2.13 bits per heavy atom. The summed E-state index contributed by atoms with van der Waals surface area (Å²) in [4.78, 5) is 11.7. The van der Waals surface area contributed by atoms with Gasteiger partial charge in [0.25, 0.3) is 5.91 Å². The minimum atomic E-state index is -0.274. The molecule has 0 spiro atoms. The van der Waals surface area contributed by atoms with E-state index in [1.807, 2.05) is 6.92 Å². The third-order valence-corrected chi connectivity index (χ3v) is 2.84. The summed E-state index contributed by atoms with van der Waals surface area (Å²) in [5, 5.41) is 2.93. The van der Waals surface area contributed by atoms with Crippen molar-refractivity contribution < 1.29 is 9.18 Å². The van der Waals surface area contributed by atoms with Crippen molar-refractivity contribution in [2.75, 3.05) is 0 Å². The molecular weight excluding hydrogens is 193 g/mol. The van der Waals surface area contributed by atoms with Crippen LogP contribution < -0.4 is 5.32 Å². The molecular formula is C12H14FNO. The molecule has 0 aliphatic heterocycles. The number of carbonyl (C=O) groups is 1. The fourth-order valence-electron chi connectivity index (χ4n) is 1.44. The molecule has 2 rings (SSSR count). The summed E-state index contributed by atoms with van der Waals surface area (Å²) in [5.41, 5.74) is 1.00. The molecule has 0 bridgehead atoms. The van der Waals surface area contributed by atoms with Crippen LogP contribution in [0.15, 0.2) is 18.2 Å². The van der Waals surface area contributed by atoms with E-state index in [-0.39, 0.29) is 17.3 Å². The van der Waals surface area contributed by atoms with Crippen LogP contribution in [0, 0.1) is 12.7 Å². The van der Waals surface area contributed by atoms with E-state index in [0.717, 1.165) is 12.8 Å². The third-order valence-electron chi connectivity index (χ3n) is 2.84. The first-order valence-electron chi connectivity index (χ1n) is 5.09. The number of amides is 1. The molecule has 0 unspecified atom stereocenters. The summed E-state index contributed by atoms with van der Waals surface area (Å²) in [5.74, 6) is -0.387. The number of halogens is 1. The van der Waals surface area contributed by atoms with Crippen molar-refractivity contribution in [2.45, 2.75) is 32.2 Å². The van der Waals surface area contributed by atoms with Crippen LogP contribution in [0.1, 0.15) is 35.7 Å². The zero-order chi connectivity index (χ0) is 11.1. The second kappa shape index (κ2) is 3.33. The molecule has 0 saturated heterocycles. The first kappa shape index (κ1) is 10.1. The normalized spacial score (nSPS) is 17.3. The van der Waals surface area contributed by atoms with Crippen molar-refractivity contribution >= 4 is 5.91 Å². The Labute approximate surface area is 88.5 Å². The highest BCUT2D eigenvalue weighted by Gasteiger charge is 2.38. The molecule has 1 aromatic rings. The van der Waals surface area contributed by atoms with Gasteiger partial charge in [-0.2, -0.15) is 0 Å². The summed E-state index contributed by atoms with van der Waals surface area (Å²) >= 11 is 0. The number of benzene rings is 1. The number of hydrogen-bond acceptors (Lipinski definition) is 1. The zero-order valence-electron chi connectivity index (χ0n) is 8.93. The van der Waals surface area contributed by atoms with Crippen molar-refractivity contribution in [1.29, 1.82) is 0 Å². The number of carbonyl (C=O) groups excluding carboxylic acids is 1. The predicted octanol–water partition coefficient (Wildman–Crippen LogP) is 2.42.